The summed E-state index contributed by atoms with van der Waals surface area (Å²) in [5.41, 5.74) is 1.32. The Morgan fingerprint density at radius 3 is 2.73 bits per heavy atom. The smallest absolute Gasteiger partial charge is 0.191 e. The monoisotopic (exact) mass is 302 g/mol. The average Bonchev–Trinajstić information content (AvgIpc) is 2.51. The molecule has 0 heterocycles. The van der Waals surface area contributed by atoms with Gasteiger partial charge in [-0.25, -0.2) is 4.39 Å². The van der Waals surface area contributed by atoms with Crippen molar-refractivity contribution in [3.8, 4) is 6.07 Å². The van der Waals surface area contributed by atoms with Crippen LogP contribution in [0.3, 0.4) is 0 Å². The number of hydrogen-bond donors (Lipinski definition) is 2. The Bertz CT molecular complexity index is 579. The number of nitrogens with one attached hydrogen (secondary N) is 2. The Morgan fingerprint density at radius 1 is 1.41 bits per heavy atom. The summed E-state index contributed by atoms with van der Waals surface area (Å²) in [6, 6.07) is 6.39. The van der Waals surface area contributed by atoms with Crippen LogP contribution in [0.25, 0.3) is 0 Å². The van der Waals surface area contributed by atoms with E-state index in [2.05, 4.69) is 22.5 Å². The van der Waals surface area contributed by atoms with Crippen LogP contribution in [0.1, 0.15) is 43.7 Å². The third-order valence-electron chi connectivity index (χ3n) is 4.64. The molecule has 4 nitrogen and oxygen atoms in total. The number of halogens is 1. The molecular weight excluding hydrogens is 279 g/mol. The maximum Gasteiger partial charge on any atom is 0.191 e. The minimum Gasteiger partial charge on any atom is -0.356 e. The van der Waals surface area contributed by atoms with E-state index in [-0.39, 0.29) is 5.82 Å². The van der Waals surface area contributed by atoms with Crippen molar-refractivity contribution in [2.45, 2.75) is 39.2 Å². The summed E-state index contributed by atoms with van der Waals surface area (Å²) < 4.78 is 13.7. The first-order valence-corrected chi connectivity index (χ1v) is 7.75. The van der Waals surface area contributed by atoms with Crippen LogP contribution < -0.4 is 10.6 Å². The van der Waals surface area contributed by atoms with E-state index in [0.717, 1.165) is 13.0 Å². The number of rotatable bonds is 5. The van der Waals surface area contributed by atoms with Gasteiger partial charge in [-0.1, -0.05) is 13.3 Å². The number of nitrogens with zero attached hydrogens (tertiary/aromatic N) is 2. The number of hydrogen-bond acceptors (Lipinski definition) is 2. The summed E-state index contributed by atoms with van der Waals surface area (Å²) >= 11 is 0. The van der Waals surface area contributed by atoms with E-state index in [1.807, 2.05) is 6.07 Å². The number of nitriles is 1. The summed E-state index contributed by atoms with van der Waals surface area (Å²) in [4.78, 5) is 4.18. The predicted molar refractivity (Wildman–Crippen MR) is 85.9 cm³/mol. The van der Waals surface area contributed by atoms with Gasteiger partial charge in [0.15, 0.2) is 5.96 Å². The molecule has 2 rings (SSSR count). The fourth-order valence-corrected chi connectivity index (χ4v) is 2.78. The molecule has 0 amide bonds. The van der Waals surface area contributed by atoms with Gasteiger partial charge in [-0.05, 0) is 42.9 Å². The first-order chi connectivity index (χ1) is 10.6. The second kappa shape index (κ2) is 7.26. The molecule has 0 saturated heterocycles. The first-order valence-electron chi connectivity index (χ1n) is 7.75. The lowest BCUT2D eigenvalue weighted by atomic mass is 9.67. The van der Waals surface area contributed by atoms with Gasteiger partial charge >= 0.3 is 0 Å². The van der Waals surface area contributed by atoms with E-state index < -0.39 is 0 Å². The van der Waals surface area contributed by atoms with Crippen LogP contribution in [0.15, 0.2) is 23.2 Å². The van der Waals surface area contributed by atoms with Gasteiger partial charge in [-0.15, -0.1) is 0 Å². The summed E-state index contributed by atoms with van der Waals surface area (Å²) in [5, 5.41) is 15.3. The highest BCUT2D eigenvalue weighted by Crippen LogP contribution is 2.42. The van der Waals surface area contributed by atoms with Crippen molar-refractivity contribution in [2.24, 2.45) is 10.4 Å². The van der Waals surface area contributed by atoms with Gasteiger partial charge in [-0.2, -0.15) is 5.26 Å². The van der Waals surface area contributed by atoms with Crippen LogP contribution in [0.4, 0.5) is 4.39 Å². The summed E-state index contributed by atoms with van der Waals surface area (Å²) in [5.74, 6) is 0.354. The fraction of sp³-hybridized carbons (Fsp3) is 0.529. The molecule has 0 bridgehead atoms. The zero-order valence-electron chi connectivity index (χ0n) is 13.2. The van der Waals surface area contributed by atoms with Crippen molar-refractivity contribution in [2.75, 3.05) is 13.6 Å². The Labute approximate surface area is 131 Å². The molecular formula is C17H23FN4. The number of benzene rings is 1. The largest absolute Gasteiger partial charge is 0.356 e. The maximum atomic E-state index is 13.7. The summed E-state index contributed by atoms with van der Waals surface area (Å²) in [6.07, 6.45) is 4.97. The van der Waals surface area contributed by atoms with Crippen molar-refractivity contribution in [1.29, 1.82) is 5.26 Å². The zero-order chi connectivity index (χ0) is 16.0. The Hall–Kier alpha value is -2.09. The van der Waals surface area contributed by atoms with Crippen molar-refractivity contribution >= 4 is 5.96 Å². The van der Waals surface area contributed by atoms with E-state index in [1.54, 1.807) is 13.1 Å². The molecule has 1 fully saturated rings. The lowest BCUT2D eigenvalue weighted by Crippen LogP contribution is -2.46. The molecule has 0 radical (unpaired) electrons. The molecule has 1 aliphatic rings. The SMILES string of the molecule is CCC1(CNC(=NC)NCc2cc(C#N)ccc2F)CCC1. The lowest BCUT2D eigenvalue weighted by Gasteiger charge is -2.41. The standard InChI is InChI=1S/C17H23FN4/c1-3-17(7-4-8-17)12-22-16(20-2)21-11-14-9-13(10-19)5-6-15(14)18/h5-6,9H,3-4,7-8,11-12H2,1-2H3,(H2,20,21,22). The second-order valence-corrected chi connectivity index (χ2v) is 5.90. The van der Waals surface area contributed by atoms with E-state index in [0.29, 0.717) is 29.0 Å². The summed E-state index contributed by atoms with van der Waals surface area (Å²) in [7, 11) is 1.71. The highest BCUT2D eigenvalue weighted by Gasteiger charge is 2.34. The Morgan fingerprint density at radius 2 is 2.18 bits per heavy atom. The van der Waals surface area contributed by atoms with E-state index in [9.17, 15) is 4.39 Å². The molecule has 22 heavy (non-hydrogen) atoms. The van der Waals surface area contributed by atoms with Gasteiger partial charge in [0.1, 0.15) is 5.82 Å². The molecule has 118 valence electrons. The minimum absolute atomic E-state index is 0.306. The van der Waals surface area contributed by atoms with Crippen molar-refractivity contribution in [3.05, 3.63) is 35.1 Å². The quantitative estimate of drug-likeness (QED) is 0.649. The highest BCUT2D eigenvalue weighted by molar-refractivity contribution is 5.79. The van der Waals surface area contributed by atoms with E-state index >= 15 is 0 Å². The molecule has 0 unspecified atom stereocenters. The molecule has 5 heteroatoms. The number of guanidine groups is 1. The molecule has 1 aliphatic carbocycles. The lowest BCUT2D eigenvalue weighted by molar-refractivity contribution is 0.131. The Balaban J connectivity index is 1.90. The van der Waals surface area contributed by atoms with E-state index in [1.165, 1.54) is 31.4 Å². The van der Waals surface area contributed by atoms with Crippen molar-refractivity contribution in [3.63, 3.8) is 0 Å². The topological polar surface area (TPSA) is 60.2 Å². The van der Waals surface area contributed by atoms with Crippen molar-refractivity contribution < 1.29 is 4.39 Å². The van der Waals surface area contributed by atoms with Gasteiger partial charge < -0.3 is 10.6 Å². The first kappa shape index (κ1) is 16.3. The predicted octanol–water partition coefficient (Wildman–Crippen LogP) is 2.94. The second-order valence-electron chi connectivity index (χ2n) is 5.90. The molecule has 1 saturated carbocycles. The van der Waals surface area contributed by atoms with Gasteiger partial charge in [0.25, 0.3) is 0 Å². The third-order valence-corrected chi connectivity index (χ3v) is 4.64. The van der Waals surface area contributed by atoms with Crippen LogP contribution >= 0.6 is 0 Å². The number of aliphatic imine (C=N–C) groups is 1. The van der Waals surface area contributed by atoms with Crippen LogP contribution in [-0.4, -0.2) is 19.6 Å². The van der Waals surface area contributed by atoms with Crippen LogP contribution in [0, 0.1) is 22.6 Å². The van der Waals surface area contributed by atoms with Crippen LogP contribution in [0.2, 0.25) is 0 Å². The average molecular weight is 302 g/mol. The minimum atomic E-state index is -0.314. The van der Waals surface area contributed by atoms with Gasteiger partial charge in [0.2, 0.25) is 0 Å². The normalized spacial score (nSPS) is 16.5. The Kier molecular flexibility index (Phi) is 5.37. The van der Waals surface area contributed by atoms with Gasteiger partial charge in [0.05, 0.1) is 11.6 Å². The summed E-state index contributed by atoms with van der Waals surface area (Å²) in [6.45, 7) is 3.42. The van der Waals surface area contributed by atoms with E-state index in [4.69, 9.17) is 5.26 Å². The fourth-order valence-electron chi connectivity index (χ4n) is 2.78. The van der Waals surface area contributed by atoms with Gasteiger partial charge in [-0.3, -0.25) is 4.99 Å². The maximum absolute atomic E-state index is 13.7. The molecule has 1 aromatic rings. The van der Waals surface area contributed by atoms with Gasteiger partial charge in [0, 0.05) is 25.7 Å². The highest BCUT2D eigenvalue weighted by atomic mass is 19.1. The molecule has 0 aliphatic heterocycles. The zero-order valence-corrected chi connectivity index (χ0v) is 13.2. The van der Waals surface area contributed by atoms with Crippen molar-refractivity contribution in [1.82, 2.24) is 10.6 Å². The molecule has 0 aromatic heterocycles. The molecule has 0 spiro atoms. The molecule has 2 N–H and O–H groups in total. The molecule has 1 aromatic carbocycles. The van der Waals surface area contributed by atoms with Crippen LogP contribution in [0.5, 0.6) is 0 Å². The molecule has 0 atom stereocenters. The third kappa shape index (κ3) is 3.76. The van der Waals surface area contributed by atoms with Crippen LogP contribution in [-0.2, 0) is 6.54 Å².